The van der Waals surface area contributed by atoms with E-state index in [1.54, 1.807) is 11.8 Å². The highest BCUT2D eigenvalue weighted by atomic mass is 16.2. The van der Waals surface area contributed by atoms with Gasteiger partial charge in [-0.25, -0.2) is 0 Å². The Balaban J connectivity index is 1.54. The number of anilines is 2. The molecule has 4 rings (SSSR count). The van der Waals surface area contributed by atoms with Gasteiger partial charge in [0.1, 0.15) is 0 Å². The largest absolute Gasteiger partial charge is 0.293 e. The Labute approximate surface area is 159 Å². The van der Waals surface area contributed by atoms with Crippen molar-refractivity contribution in [1.29, 1.82) is 0 Å². The maximum absolute atomic E-state index is 12.4. The second-order valence-corrected chi connectivity index (χ2v) is 7.09. The zero-order chi connectivity index (χ0) is 18.8. The Morgan fingerprint density at radius 3 is 2.59 bits per heavy atom. The van der Waals surface area contributed by atoms with E-state index in [-0.39, 0.29) is 5.91 Å². The van der Waals surface area contributed by atoms with E-state index in [1.807, 2.05) is 37.3 Å². The van der Waals surface area contributed by atoms with Crippen LogP contribution < -0.4 is 4.90 Å². The topological polar surface area (TPSA) is 52.2 Å². The summed E-state index contributed by atoms with van der Waals surface area (Å²) in [6, 6.07) is 18.5. The third kappa shape index (κ3) is 3.51. The first-order valence-corrected chi connectivity index (χ1v) is 9.32. The standard InChI is InChI=1S/C22H24N4O/c1-16-8-6-7-11-21(16)26(17(2)27)22-19-14-25(15-20(19)23-24-22)13-12-18-9-4-3-5-10-18/h3-11H,12-15H2,1-2H3,(H,23,24). The normalized spacial score (nSPS) is 13.6. The van der Waals surface area contributed by atoms with Gasteiger partial charge >= 0.3 is 0 Å². The number of carbonyl (C=O) groups excluding carboxylic acids is 1. The van der Waals surface area contributed by atoms with Crippen LogP contribution in [0.2, 0.25) is 0 Å². The maximum atomic E-state index is 12.4. The van der Waals surface area contributed by atoms with Gasteiger partial charge < -0.3 is 0 Å². The number of aromatic nitrogens is 2. The van der Waals surface area contributed by atoms with Gasteiger partial charge in [-0.1, -0.05) is 48.5 Å². The van der Waals surface area contributed by atoms with Crippen LogP contribution in [-0.4, -0.2) is 27.5 Å². The number of rotatable bonds is 5. The number of amides is 1. The van der Waals surface area contributed by atoms with Crippen LogP contribution >= 0.6 is 0 Å². The third-order valence-corrected chi connectivity index (χ3v) is 5.14. The van der Waals surface area contributed by atoms with Crippen molar-refractivity contribution in [3.8, 4) is 0 Å². The summed E-state index contributed by atoms with van der Waals surface area (Å²) in [5.74, 6) is 0.704. The lowest BCUT2D eigenvalue weighted by atomic mass is 10.1. The van der Waals surface area contributed by atoms with E-state index in [2.05, 4.69) is 39.4 Å². The van der Waals surface area contributed by atoms with Crippen LogP contribution in [0, 0.1) is 6.92 Å². The number of para-hydroxylation sites is 1. The smallest absolute Gasteiger partial charge is 0.229 e. The molecule has 0 saturated carbocycles. The van der Waals surface area contributed by atoms with E-state index in [1.165, 1.54) is 5.56 Å². The van der Waals surface area contributed by atoms with Gasteiger partial charge in [-0.3, -0.25) is 19.7 Å². The summed E-state index contributed by atoms with van der Waals surface area (Å²) < 4.78 is 0. The number of hydrogen-bond donors (Lipinski definition) is 1. The molecule has 5 heteroatoms. The average Bonchev–Trinajstić information content (AvgIpc) is 3.24. The molecule has 27 heavy (non-hydrogen) atoms. The minimum absolute atomic E-state index is 0.0265. The fourth-order valence-corrected chi connectivity index (χ4v) is 3.71. The molecule has 0 radical (unpaired) electrons. The Bertz CT molecular complexity index is 948. The van der Waals surface area contributed by atoms with Crippen molar-refractivity contribution in [2.75, 3.05) is 11.4 Å². The molecule has 0 unspecified atom stereocenters. The van der Waals surface area contributed by atoms with Gasteiger partial charge in [-0.2, -0.15) is 5.10 Å². The third-order valence-electron chi connectivity index (χ3n) is 5.14. The van der Waals surface area contributed by atoms with Crippen molar-refractivity contribution in [3.63, 3.8) is 0 Å². The number of hydrogen-bond acceptors (Lipinski definition) is 3. The van der Waals surface area contributed by atoms with E-state index in [0.717, 1.165) is 54.4 Å². The molecule has 3 aromatic rings. The second-order valence-electron chi connectivity index (χ2n) is 7.09. The highest BCUT2D eigenvalue weighted by molar-refractivity contribution is 5.99. The summed E-state index contributed by atoms with van der Waals surface area (Å²) in [5, 5.41) is 7.64. The predicted molar refractivity (Wildman–Crippen MR) is 107 cm³/mol. The number of nitrogens with one attached hydrogen (secondary N) is 1. The number of aryl methyl sites for hydroxylation is 1. The Hall–Kier alpha value is -2.92. The van der Waals surface area contributed by atoms with E-state index >= 15 is 0 Å². The molecular formula is C22H24N4O. The van der Waals surface area contributed by atoms with E-state index in [9.17, 15) is 4.79 Å². The first-order chi connectivity index (χ1) is 13.1. The molecule has 5 nitrogen and oxygen atoms in total. The van der Waals surface area contributed by atoms with Crippen molar-refractivity contribution >= 4 is 17.4 Å². The minimum Gasteiger partial charge on any atom is -0.293 e. The van der Waals surface area contributed by atoms with Crippen LogP contribution in [0.15, 0.2) is 54.6 Å². The molecule has 2 heterocycles. The SMILES string of the molecule is CC(=O)N(c1ccccc1C)c1n[nH]c2c1CN(CCc1ccccc1)C2. The number of H-pyrrole nitrogens is 1. The first-order valence-electron chi connectivity index (χ1n) is 9.32. The molecule has 1 aromatic heterocycles. The predicted octanol–water partition coefficient (Wildman–Crippen LogP) is 3.96. The zero-order valence-electron chi connectivity index (χ0n) is 15.8. The molecule has 138 valence electrons. The van der Waals surface area contributed by atoms with E-state index in [0.29, 0.717) is 0 Å². The summed E-state index contributed by atoms with van der Waals surface area (Å²) in [6.07, 6.45) is 1.02. The highest BCUT2D eigenvalue weighted by Gasteiger charge is 2.29. The minimum atomic E-state index is -0.0265. The monoisotopic (exact) mass is 360 g/mol. The molecule has 0 atom stereocenters. The molecule has 2 aromatic carbocycles. The van der Waals surface area contributed by atoms with Gasteiger partial charge in [0.2, 0.25) is 5.91 Å². The van der Waals surface area contributed by atoms with Crippen molar-refractivity contribution in [2.45, 2.75) is 33.4 Å². The number of carbonyl (C=O) groups is 1. The van der Waals surface area contributed by atoms with Gasteiger partial charge in [0, 0.05) is 32.1 Å². The molecule has 0 bridgehead atoms. The average molecular weight is 360 g/mol. The quantitative estimate of drug-likeness (QED) is 0.749. The number of fused-ring (bicyclic) bond motifs is 1. The van der Waals surface area contributed by atoms with E-state index < -0.39 is 0 Å². The van der Waals surface area contributed by atoms with Crippen molar-refractivity contribution in [1.82, 2.24) is 15.1 Å². The molecule has 0 spiro atoms. The van der Waals surface area contributed by atoms with Gasteiger partial charge in [0.25, 0.3) is 0 Å². The maximum Gasteiger partial charge on any atom is 0.229 e. The number of aromatic amines is 1. The van der Waals surface area contributed by atoms with Gasteiger partial charge in [-0.05, 0) is 30.5 Å². The summed E-state index contributed by atoms with van der Waals surface area (Å²) in [7, 11) is 0. The van der Waals surface area contributed by atoms with Crippen molar-refractivity contribution in [3.05, 3.63) is 77.0 Å². The second kappa shape index (κ2) is 7.37. The van der Waals surface area contributed by atoms with Gasteiger partial charge in [-0.15, -0.1) is 0 Å². The van der Waals surface area contributed by atoms with Crippen molar-refractivity contribution < 1.29 is 4.79 Å². The fraction of sp³-hybridized carbons (Fsp3) is 0.273. The van der Waals surface area contributed by atoms with Crippen LogP contribution in [0.4, 0.5) is 11.5 Å². The Morgan fingerprint density at radius 1 is 1.11 bits per heavy atom. The van der Waals surface area contributed by atoms with E-state index in [4.69, 9.17) is 0 Å². The van der Waals surface area contributed by atoms with Gasteiger partial charge in [0.05, 0.1) is 11.4 Å². The molecule has 1 aliphatic heterocycles. The fourth-order valence-electron chi connectivity index (χ4n) is 3.71. The van der Waals surface area contributed by atoms with Crippen molar-refractivity contribution in [2.24, 2.45) is 0 Å². The molecular weight excluding hydrogens is 336 g/mol. The van der Waals surface area contributed by atoms with Crippen LogP contribution in [0.1, 0.15) is 29.3 Å². The molecule has 1 amide bonds. The molecule has 1 aliphatic rings. The van der Waals surface area contributed by atoms with Gasteiger partial charge in [0.15, 0.2) is 5.82 Å². The Kier molecular flexibility index (Phi) is 4.77. The van der Waals surface area contributed by atoms with Crippen LogP contribution in [-0.2, 0) is 24.3 Å². The summed E-state index contributed by atoms with van der Waals surface area (Å²) >= 11 is 0. The number of benzene rings is 2. The molecule has 0 aliphatic carbocycles. The number of nitrogens with zero attached hydrogens (tertiary/aromatic N) is 3. The zero-order valence-corrected chi connectivity index (χ0v) is 15.8. The lowest BCUT2D eigenvalue weighted by molar-refractivity contribution is -0.115. The van der Waals surface area contributed by atoms with Crippen LogP contribution in [0.5, 0.6) is 0 Å². The molecule has 1 N–H and O–H groups in total. The summed E-state index contributed by atoms with van der Waals surface area (Å²) in [4.78, 5) is 16.6. The van der Waals surface area contributed by atoms with Crippen LogP contribution in [0.3, 0.4) is 0 Å². The molecule has 0 fully saturated rings. The Morgan fingerprint density at radius 2 is 1.85 bits per heavy atom. The highest BCUT2D eigenvalue weighted by Crippen LogP contribution is 2.35. The first kappa shape index (κ1) is 17.5. The summed E-state index contributed by atoms with van der Waals surface area (Å²) in [5.41, 5.74) is 5.53. The lowest BCUT2D eigenvalue weighted by Gasteiger charge is -2.22. The lowest BCUT2D eigenvalue weighted by Crippen LogP contribution is -2.26. The van der Waals surface area contributed by atoms with Crippen LogP contribution in [0.25, 0.3) is 0 Å². The molecule has 0 saturated heterocycles. The summed E-state index contributed by atoms with van der Waals surface area (Å²) in [6.45, 7) is 6.24.